The Morgan fingerprint density at radius 3 is 3.00 bits per heavy atom. The minimum absolute atomic E-state index is 0.195. The van der Waals surface area contributed by atoms with Gasteiger partial charge in [0, 0.05) is 4.47 Å². The van der Waals surface area contributed by atoms with Gasteiger partial charge in [-0.1, -0.05) is 39.1 Å². The first kappa shape index (κ1) is 13.1. The molecule has 0 aliphatic carbocycles. The second kappa shape index (κ2) is 5.61. The zero-order valence-corrected chi connectivity index (χ0v) is 12.5. The molecule has 100 valence electrons. The summed E-state index contributed by atoms with van der Waals surface area (Å²) in [7, 11) is 0. The van der Waals surface area contributed by atoms with E-state index in [2.05, 4.69) is 31.4 Å². The average Bonchev–Trinajstić information content (AvgIpc) is 2.89. The molecule has 1 unspecified atom stereocenters. The Morgan fingerprint density at radius 1 is 1.37 bits per heavy atom. The largest absolute Gasteiger partial charge is 0.334 e. The fourth-order valence-corrected chi connectivity index (χ4v) is 2.98. The first-order chi connectivity index (χ1) is 9.24. The van der Waals surface area contributed by atoms with Gasteiger partial charge in [0.25, 0.3) is 5.89 Å². The molecule has 0 radical (unpaired) electrons. The molecule has 19 heavy (non-hydrogen) atoms. The minimum Gasteiger partial charge on any atom is -0.334 e. The van der Waals surface area contributed by atoms with Crippen LogP contribution < -0.4 is 5.32 Å². The van der Waals surface area contributed by atoms with Crippen molar-refractivity contribution in [3.63, 3.8) is 0 Å². The molecule has 0 spiro atoms. The summed E-state index contributed by atoms with van der Waals surface area (Å²) in [5.74, 6) is 1.19. The Balaban J connectivity index is 1.87. The number of nitrogens with one attached hydrogen (secondary N) is 1. The van der Waals surface area contributed by atoms with E-state index in [-0.39, 0.29) is 6.04 Å². The second-order valence-electron chi connectivity index (χ2n) is 4.58. The number of hydrogen-bond donors (Lipinski definition) is 1. The molecule has 2 heterocycles. The van der Waals surface area contributed by atoms with Crippen LogP contribution in [0.3, 0.4) is 0 Å². The lowest BCUT2D eigenvalue weighted by molar-refractivity contribution is 0.367. The predicted octanol–water partition coefficient (Wildman–Crippen LogP) is 3.97. The third kappa shape index (κ3) is 2.83. The first-order valence-corrected chi connectivity index (χ1v) is 7.43. The van der Waals surface area contributed by atoms with E-state index in [9.17, 15) is 0 Å². The summed E-state index contributed by atoms with van der Waals surface area (Å²) in [4.78, 5) is 4.45. The van der Waals surface area contributed by atoms with Gasteiger partial charge in [-0.15, -0.1) is 0 Å². The van der Waals surface area contributed by atoms with Gasteiger partial charge in [-0.2, -0.15) is 4.98 Å². The van der Waals surface area contributed by atoms with Crippen LogP contribution >= 0.6 is 27.5 Å². The van der Waals surface area contributed by atoms with Gasteiger partial charge < -0.3 is 9.84 Å². The van der Waals surface area contributed by atoms with Crippen molar-refractivity contribution < 1.29 is 4.52 Å². The number of benzene rings is 1. The van der Waals surface area contributed by atoms with E-state index < -0.39 is 0 Å². The smallest absolute Gasteiger partial charge is 0.259 e. The number of rotatable bonds is 2. The maximum absolute atomic E-state index is 6.19. The van der Waals surface area contributed by atoms with Crippen LogP contribution in [0.15, 0.2) is 27.2 Å². The number of hydrogen-bond acceptors (Lipinski definition) is 4. The molecule has 1 atom stereocenters. The van der Waals surface area contributed by atoms with Crippen molar-refractivity contribution in [3.05, 3.63) is 33.5 Å². The van der Waals surface area contributed by atoms with Crippen LogP contribution in [0.25, 0.3) is 11.5 Å². The normalized spacial score (nSPS) is 19.6. The quantitative estimate of drug-likeness (QED) is 0.897. The van der Waals surface area contributed by atoms with E-state index in [1.165, 1.54) is 12.8 Å². The van der Waals surface area contributed by atoms with E-state index in [1.54, 1.807) is 0 Å². The van der Waals surface area contributed by atoms with Crippen molar-refractivity contribution in [2.75, 3.05) is 6.54 Å². The van der Waals surface area contributed by atoms with Crippen molar-refractivity contribution in [2.24, 2.45) is 0 Å². The Kier molecular flexibility index (Phi) is 3.86. The van der Waals surface area contributed by atoms with Gasteiger partial charge in [0.2, 0.25) is 0 Å². The van der Waals surface area contributed by atoms with Crippen LogP contribution in [0.1, 0.15) is 31.1 Å². The van der Waals surface area contributed by atoms with Crippen LogP contribution in [-0.2, 0) is 0 Å². The molecule has 0 bridgehead atoms. The molecule has 2 aromatic rings. The highest BCUT2D eigenvalue weighted by molar-refractivity contribution is 9.10. The summed E-state index contributed by atoms with van der Waals surface area (Å²) >= 11 is 9.56. The van der Waals surface area contributed by atoms with Crippen molar-refractivity contribution in [1.29, 1.82) is 0 Å². The molecular formula is C13H13BrClN3O. The number of piperidine rings is 1. The summed E-state index contributed by atoms with van der Waals surface area (Å²) in [6, 6.07) is 5.79. The highest BCUT2D eigenvalue weighted by Gasteiger charge is 2.21. The van der Waals surface area contributed by atoms with Crippen molar-refractivity contribution in [2.45, 2.75) is 25.3 Å². The molecule has 1 N–H and O–H groups in total. The lowest BCUT2D eigenvalue weighted by atomic mass is 10.0. The molecule has 1 aromatic heterocycles. The summed E-state index contributed by atoms with van der Waals surface area (Å²) in [5, 5.41) is 8.06. The highest BCUT2D eigenvalue weighted by atomic mass is 79.9. The highest BCUT2D eigenvalue weighted by Crippen LogP contribution is 2.30. The van der Waals surface area contributed by atoms with Crippen LogP contribution in [0.2, 0.25) is 5.02 Å². The molecule has 3 rings (SSSR count). The van der Waals surface area contributed by atoms with Crippen LogP contribution in [0.4, 0.5) is 0 Å². The zero-order chi connectivity index (χ0) is 13.2. The van der Waals surface area contributed by atoms with E-state index in [0.717, 1.165) is 23.0 Å². The van der Waals surface area contributed by atoms with E-state index in [0.29, 0.717) is 16.7 Å². The van der Waals surface area contributed by atoms with Crippen molar-refractivity contribution in [1.82, 2.24) is 15.5 Å². The number of halogens is 2. The first-order valence-electron chi connectivity index (χ1n) is 6.26. The molecule has 0 amide bonds. The zero-order valence-electron chi connectivity index (χ0n) is 10.2. The van der Waals surface area contributed by atoms with Gasteiger partial charge in [-0.25, -0.2) is 0 Å². The maximum atomic E-state index is 6.19. The average molecular weight is 343 g/mol. The Morgan fingerprint density at radius 2 is 2.26 bits per heavy atom. The number of aromatic nitrogens is 2. The van der Waals surface area contributed by atoms with Gasteiger partial charge in [-0.05, 0) is 37.6 Å². The monoisotopic (exact) mass is 341 g/mol. The molecule has 1 saturated heterocycles. The summed E-state index contributed by atoms with van der Waals surface area (Å²) < 4.78 is 6.25. The summed E-state index contributed by atoms with van der Waals surface area (Å²) in [6.07, 6.45) is 3.45. The molecule has 6 heteroatoms. The third-order valence-corrected chi connectivity index (χ3v) is 4.03. The third-order valence-electron chi connectivity index (χ3n) is 3.23. The minimum atomic E-state index is 0.195. The van der Waals surface area contributed by atoms with Gasteiger partial charge in [0.1, 0.15) is 0 Å². The number of nitrogens with zero attached hydrogens (tertiary/aromatic N) is 2. The van der Waals surface area contributed by atoms with E-state index in [1.807, 2.05) is 18.2 Å². The molecular weight excluding hydrogens is 330 g/mol. The Labute approximate surface area is 124 Å². The fraction of sp³-hybridized carbons (Fsp3) is 0.385. The molecule has 4 nitrogen and oxygen atoms in total. The topological polar surface area (TPSA) is 51.0 Å². The lowest BCUT2D eigenvalue weighted by Crippen LogP contribution is -2.27. The van der Waals surface area contributed by atoms with Crippen molar-refractivity contribution in [3.8, 4) is 11.5 Å². The molecule has 1 aliphatic rings. The molecule has 1 fully saturated rings. The fourth-order valence-electron chi connectivity index (χ4n) is 2.22. The van der Waals surface area contributed by atoms with E-state index in [4.69, 9.17) is 16.1 Å². The molecule has 1 aromatic carbocycles. The van der Waals surface area contributed by atoms with Gasteiger partial charge in [-0.3, -0.25) is 0 Å². The SMILES string of the molecule is Clc1cc(Br)ccc1-c1nc(C2CCCCN2)no1. The van der Waals surface area contributed by atoms with Gasteiger partial charge >= 0.3 is 0 Å². The maximum Gasteiger partial charge on any atom is 0.259 e. The molecule has 0 saturated carbocycles. The standard InChI is InChI=1S/C13H13BrClN3O/c14-8-4-5-9(10(15)7-8)13-17-12(18-19-13)11-3-1-2-6-16-11/h4-5,7,11,16H,1-3,6H2. The summed E-state index contributed by atoms with van der Waals surface area (Å²) in [6.45, 7) is 1.01. The van der Waals surface area contributed by atoms with Gasteiger partial charge in [0.15, 0.2) is 5.82 Å². The van der Waals surface area contributed by atoms with Crippen LogP contribution in [0.5, 0.6) is 0 Å². The lowest BCUT2D eigenvalue weighted by Gasteiger charge is -2.19. The van der Waals surface area contributed by atoms with E-state index >= 15 is 0 Å². The second-order valence-corrected chi connectivity index (χ2v) is 5.91. The summed E-state index contributed by atoms with van der Waals surface area (Å²) in [5.41, 5.74) is 0.763. The van der Waals surface area contributed by atoms with Gasteiger partial charge in [0.05, 0.1) is 16.6 Å². The van der Waals surface area contributed by atoms with Crippen LogP contribution in [-0.4, -0.2) is 16.7 Å². The molecule has 1 aliphatic heterocycles. The Hall–Kier alpha value is -0.910. The van der Waals surface area contributed by atoms with Crippen LogP contribution in [0, 0.1) is 0 Å². The Bertz CT molecular complexity index is 581. The van der Waals surface area contributed by atoms with Crippen molar-refractivity contribution >= 4 is 27.5 Å². The predicted molar refractivity (Wildman–Crippen MR) is 77.0 cm³/mol.